The number of anilines is 1. The van der Waals surface area contributed by atoms with Crippen LogP contribution >= 0.6 is 11.3 Å². The van der Waals surface area contributed by atoms with Gasteiger partial charge in [0, 0.05) is 18.5 Å². The molecule has 1 N–H and O–H groups in total. The molecule has 0 spiro atoms. The summed E-state index contributed by atoms with van der Waals surface area (Å²) in [6.45, 7) is 11.1. The fraction of sp³-hybridized carbons (Fsp3) is 0.538. The van der Waals surface area contributed by atoms with Gasteiger partial charge in [0.15, 0.2) is 5.13 Å². The van der Waals surface area contributed by atoms with Gasteiger partial charge in [-0.1, -0.05) is 26.0 Å². The molecule has 0 saturated heterocycles. The molecule has 0 aliphatic carbocycles. The number of carboxylic acid groups (broad SMARTS) is 1. The van der Waals surface area contributed by atoms with Crippen molar-refractivity contribution in [2.75, 3.05) is 18.0 Å². The summed E-state index contributed by atoms with van der Waals surface area (Å²) in [4.78, 5) is 17.2. The van der Waals surface area contributed by atoms with Crippen molar-refractivity contribution in [1.29, 1.82) is 0 Å². The number of hydrogen-bond donors (Lipinski definition) is 1. The Balaban J connectivity index is 2.79. The molecule has 1 heterocycles. The molecule has 0 atom stereocenters. The number of aromatic nitrogens is 1. The maximum absolute atomic E-state index is 10.7. The van der Waals surface area contributed by atoms with E-state index >= 15 is 0 Å². The second-order valence-corrected chi connectivity index (χ2v) is 5.57. The van der Waals surface area contributed by atoms with Crippen LogP contribution in [0.1, 0.15) is 38.8 Å². The second-order valence-electron chi connectivity index (χ2n) is 4.73. The van der Waals surface area contributed by atoms with Crippen molar-refractivity contribution in [3.8, 4) is 0 Å². The summed E-state index contributed by atoms with van der Waals surface area (Å²) in [5, 5.41) is 11.7. The molecule has 0 aromatic carbocycles. The molecule has 0 fully saturated rings. The second kappa shape index (κ2) is 6.54. The van der Waals surface area contributed by atoms with Crippen LogP contribution in [0.2, 0.25) is 0 Å². The molecule has 4 nitrogen and oxygen atoms in total. The van der Waals surface area contributed by atoms with Crippen LogP contribution in [-0.4, -0.2) is 29.1 Å². The maximum Gasteiger partial charge on any atom is 0.305 e. The van der Waals surface area contributed by atoms with Crippen LogP contribution in [0.4, 0.5) is 5.13 Å². The normalized spacial score (nSPS) is 10.7. The number of carbonyl (C=O) groups is 1. The lowest BCUT2D eigenvalue weighted by Crippen LogP contribution is -2.27. The van der Waals surface area contributed by atoms with Gasteiger partial charge in [-0.15, -0.1) is 11.3 Å². The molecule has 0 bridgehead atoms. The number of hydrogen-bond acceptors (Lipinski definition) is 4. The van der Waals surface area contributed by atoms with Crippen molar-refractivity contribution in [2.24, 2.45) is 0 Å². The van der Waals surface area contributed by atoms with E-state index in [1.54, 1.807) is 11.3 Å². The summed E-state index contributed by atoms with van der Waals surface area (Å²) in [6.07, 6.45) is 0.115. The SMILES string of the molecule is C=C(C)CN(CCC(=O)O)c1nc(C(C)C)cs1. The highest BCUT2D eigenvalue weighted by Gasteiger charge is 2.14. The summed E-state index contributed by atoms with van der Waals surface area (Å²) >= 11 is 1.56. The lowest BCUT2D eigenvalue weighted by molar-refractivity contribution is -0.136. The van der Waals surface area contributed by atoms with E-state index in [1.165, 1.54) is 0 Å². The van der Waals surface area contributed by atoms with E-state index in [0.717, 1.165) is 16.4 Å². The summed E-state index contributed by atoms with van der Waals surface area (Å²) in [5.74, 6) is -0.400. The van der Waals surface area contributed by atoms with Gasteiger partial charge in [-0.05, 0) is 12.8 Å². The van der Waals surface area contributed by atoms with Gasteiger partial charge in [-0.25, -0.2) is 4.98 Å². The van der Waals surface area contributed by atoms with E-state index in [-0.39, 0.29) is 6.42 Å². The highest BCUT2D eigenvalue weighted by atomic mass is 32.1. The Morgan fingerprint density at radius 2 is 2.28 bits per heavy atom. The summed E-state index contributed by atoms with van der Waals surface area (Å²) in [5.41, 5.74) is 2.05. The Morgan fingerprint density at radius 3 is 2.72 bits per heavy atom. The molecule has 5 heteroatoms. The van der Waals surface area contributed by atoms with E-state index in [0.29, 0.717) is 19.0 Å². The number of nitrogens with zero attached hydrogens (tertiary/aromatic N) is 2. The first-order chi connectivity index (χ1) is 8.40. The van der Waals surface area contributed by atoms with Crippen LogP contribution in [0, 0.1) is 0 Å². The Kier molecular flexibility index (Phi) is 5.34. The molecule has 0 saturated carbocycles. The molecule has 0 unspecified atom stereocenters. The van der Waals surface area contributed by atoms with Crippen LogP contribution in [0.5, 0.6) is 0 Å². The molecule has 18 heavy (non-hydrogen) atoms. The molecule has 1 aromatic heterocycles. The molecule has 0 aliphatic rings. The minimum absolute atomic E-state index is 0.115. The molecule has 0 radical (unpaired) electrons. The van der Waals surface area contributed by atoms with Gasteiger partial charge < -0.3 is 10.0 Å². The lowest BCUT2D eigenvalue weighted by atomic mass is 10.2. The third kappa shape index (κ3) is 4.49. The van der Waals surface area contributed by atoms with E-state index < -0.39 is 5.97 Å². The fourth-order valence-corrected chi connectivity index (χ4v) is 2.50. The summed E-state index contributed by atoms with van der Waals surface area (Å²) in [7, 11) is 0. The molecule has 1 rings (SSSR count). The molecule has 0 aliphatic heterocycles. The van der Waals surface area contributed by atoms with Crippen molar-refractivity contribution >= 4 is 22.4 Å². The molecule has 1 aromatic rings. The van der Waals surface area contributed by atoms with Gasteiger partial charge in [0.2, 0.25) is 0 Å². The zero-order valence-electron chi connectivity index (χ0n) is 11.1. The van der Waals surface area contributed by atoms with Crippen molar-refractivity contribution in [2.45, 2.75) is 33.1 Å². The Morgan fingerprint density at radius 1 is 1.61 bits per heavy atom. The lowest BCUT2D eigenvalue weighted by Gasteiger charge is -2.21. The van der Waals surface area contributed by atoms with Crippen LogP contribution < -0.4 is 4.90 Å². The number of thiazole rings is 1. The van der Waals surface area contributed by atoms with Crippen LogP contribution in [0.15, 0.2) is 17.5 Å². The number of aliphatic carboxylic acids is 1. The first kappa shape index (κ1) is 14.7. The van der Waals surface area contributed by atoms with Gasteiger partial charge in [-0.3, -0.25) is 4.79 Å². The molecular weight excluding hydrogens is 248 g/mol. The predicted octanol–water partition coefficient (Wildman–Crippen LogP) is 3.12. The van der Waals surface area contributed by atoms with Crippen LogP contribution in [0.3, 0.4) is 0 Å². The van der Waals surface area contributed by atoms with Crippen LogP contribution in [-0.2, 0) is 4.79 Å². The predicted molar refractivity (Wildman–Crippen MR) is 75.5 cm³/mol. The van der Waals surface area contributed by atoms with Crippen molar-refractivity contribution < 1.29 is 9.90 Å². The number of rotatable bonds is 7. The first-order valence-electron chi connectivity index (χ1n) is 5.96. The molecular formula is C13H20N2O2S. The summed E-state index contributed by atoms with van der Waals surface area (Å²) in [6, 6.07) is 0. The van der Waals surface area contributed by atoms with Gasteiger partial charge in [0.25, 0.3) is 0 Å². The van der Waals surface area contributed by atoms with E-state index in [2.05, 4.69) is 25.4 Å². The highest BCUT2D eigenvalue weighted by Crippen LogP contribution is 2.25. The monoisotopic (exact) mass is 268 g/mol. The van der Waals surface area contributed by atoms with Crippen molar-refractivity contribution in [1.82, 2.24) is 4.98 Å². The fourth-order valence-electron chi connectivity index (χ4n) is 1.49. The zero-order valence-corrected chi connectivity index (χ0v) is 12.0. The van der Waals surface area contributed by atoms with E-state index in [1.807, 2.05) is 17.2 Å². The third-order valence-corrected chi connectivity index (χ3v) is 3.35. The third-order valence-electron chi connectivity index (χ3n) is 2.43. The smallest absolute Gasteiger partial charge is 0.305 e. The Hall–Kier alpha value is -1.36. The van der Waals surface area contributed by atoms with Gasteiger partial charge in [0.05, 0.1) is 12.1 Å². The van der Waals surface area contributed by atoms with Crippen molar-refractivity contribution in [3.63, 3.8) is 0 Å². The Bertz CT molecular complexity index is 426. The van der Waals surface area contributed by atoms with Gasteiger partial charge >= 0.3 is 5.97 Å². The minimum atomic E-state index is -0.789. The van der Waals surface area contributed by atoms with Gasteiger partial charge in [-0.2, -0.15) is 0 Å². The standard InChI is InChI=1S/C13H20N2O2S/c1-9(2)7-15(6-5-12(16)17)13-14-11(8-18-13)10(3)4/h8,10H,1,5-7H2,2-4H3,(H,16,17). The van der Waals surface area contributed by atoms with E-state index in [4.69, 9.17) is 5.11 Å². The van der Waals surface area contributed by atoms with Gasteiger partial charge in [0.1, 0.15) is 0 Å². The number of carboxylic acids is 1. The first-order valence-corrected chi connectivity index (χ1v) is 6.84. The largest absolute Gasteiger partial charge is 0.481 e. The zero-order chi connectivity index (χ0) is 13.7. The minimum Gasteiger partial charge on any atom is -0.481 e. The highest BCUT2D eigenvalue weighted by molar-refractivity contribution is 7.13. The topological polar surface area (TPSA) is 53.4 Å². The van der Waals surface area contributed by atoms with Crippen LogP contribution in [0.25, 0.3) is 0 Å². The maximum atomic E-state index is 10.7. The quantitative estimate of drug-likeness (QED) is 0.772. The van der Waals surface area contributed by atoms with Crippen molar-refractivity contribution in [3.05, 3.63) is 23.2 Å². The average Bonchev–Trinajstić information content (AvgIpc) is 2.72. The van der Waals surface area contributed by atoms with E-state index in [9.17, 15) is 4.79 Å². The summed E-state index contributed by atoms with van der Waals surface area (Å²) < 4.78 is 0. The molecule has 0 amide bonds. The Labute approximate surface area is 112 Å². The molecule has 100 valence electrons. The average molecular weight is 268 g/mol.